The van der Waals surface area contributed by atoms with E-state index in [-0.39, 0.29) is 50.5 Å². The number of nitrogens with zero attached hydrogens (tertiary/aromatic N) is 1. The van der Waals surface area contributed by atoms with Gasteiger partial charge in [-0.25, -0.2) is 12.8 Å². The van der Waals surface area contributed by atoms with Crippen LogP contribution in [0.3, 0.4) is 0 Å². The SMILES string of the molecule is Cc1cc(F)cc(-c2ccc3c(c2)N(S(=O)(=O)c2cccc(C(F)(F)F)c2)C[C@H](CC2(C(=O)O)CCOCC2)O3)c1. The third-order valence-electron chi connectivity index (χ3n) is 7.54. The molecule has 3 aromatic carbocycles. The predicted octanol–water partition coefficient (Wildman–Crippen LogP) is 6.05. The number of ether oxygens (including phenoxy) is 2. The summed E-state index contributed by atoms with van der Waals surface area (Å²) >= 11 is 0. The van der Waals surface area contributed by atoms with Crippen LogP contribution in [0.5, 0.6) is 5.75 Å². The van der Waals surface area contributed by atoms with E-state index >= 15 is 0 Å². The molecule has 0 saturated carbocycles. The summed E-state index contributed by atoms with van der Waals surface area (Å²) in [5, 5.41) is 10.1. The number of hydrogen-bond donors (Lipinski definition) is 1. The van der Waals surface area contributed by atoms with Gasteiger partial charge in [0, 0.05) is 19.6 Å². The van der Waals surface area contributed by atoms with Gasteiger partial charge in [0.15, 0.2) is 0 Å². The Morgan fingerprint density at radius 1 is 1.05 bits per heavy atom. The number of aliphatic carboxylic acids is 1. The average Bonchev–Trinajstić information content (AvgIpc) is 2.92. The van der Waals surface area contributed by atoms with E-state index in [2.05, 4.69) is 0 Å². The van der Waals surface area contributed by atoms with Crippen LogP contribution < -0.4 is 9.04 Å². The lowest BCUT2D eigenvalue weighted by Crippen LogP contribution is -2.48. The first-order valence-corrected chi connectivity index (χ1v) is 14.3. The van der Waals surface area contributed by atoms with Crippen LogP contribution >= 0.6 is 0 Å². The van der Waals surface area contributed by atoms with E-state index in [1.807, 2.05) is 0 Å². The van der Waals surface area contributed by atoms with Gasteiger partial charge in [-0.15, -0.1) is 0 Å². The molecular formula is C29H27F4NO6S. The van der Waals surface area contributed by atoms with Crippen LogP contribution in [0.15, 0.2) is 65.6 Å². The summed E-state index contributed by atoms with van der Waals surface area (Å²) < 4.78 is 94.8. The van der Waals surface area contributed by atoms with E-state index in [4.69, 9.17) is 9.47 Å². The van der Waals surface area contributed by atoms with Gasteiger partial charge in [-0.05, 0) is 78.9 Å². The summed E-state index contributed by atoms with van der Waals surface area (Å²) in [6, 6.07) is 12.4. The Morgan fingerprint density at radius 2 is 1.78 bits per heavy atom. The van der Waals surface area contributed by atoms with Gasteiger partial charge in [-0.3, -0.25) is 9.10 Å². The fourth-order valence-corrected chi connectivity index (χ4v) is 6.94. The maximum absolute atomic E-state index is 14.2. The van der Waals surface area contributed by atoms with Crippen molar-refractivity contribution in [2.24, 2.45) is 5.41 Å². The molecule has 41 heavy (non-hydrogen) atoms. The monoisotopic (exact) mass is 593 g/mol. The number of carboxylic acid groups (broad SMARTS) is 1. The highest BCUT2D eigenvalue weighted by Crippen LogP contribution is 2.44. The third-order valence-corrected chi connectivity index (χ3v) is 9.31. The largest absolute Gasteiger partial charge is 0.486 e. The predicted molar refractivity (Wildman–Crippen MR) is 142 cm³/mol. The molecule has 0 amide bonds. The summed E-state index contributed by atoms with van der Waals surface area (Å²) in [6.07, 6.45) is -5.32. The van der Waals surface area contributed by atoms with Crippen molar-refractivity contribution in [3.63, 3.8) is 0 Å². The lowest BCUT2D eigenvalue weighted by Gasteiger charge is -2.40. The standard InChI is InChI=1S/C29H27F4NO6S/c1-18-11-20(13-22(30)12-18)19-5-6-26-25(14-19)34(41(37,38)24-4-2-3-21(15-24)29(31,32)33)17-23(40-26)16-28(27(35)36)7-9-39-10-8-28/h2-6,11-15,23H,7-10,16-17H2,1H3,(H,35,36)/t23-/m0/s1. The molecule has 3 aromatic rings. The number of halogens is 4. The lowest BCUT2D eigenvalue weighted by molar-refractivity contribution is -0.157. The molecule has 0 spiro atoms. The van der Waals surface area contributed by atoms with E-state index in [9.17, 15) is 35.9 Å². The summed E-state index contributed by atoms with van der Waals surface area (Å²) in [6.45, 7) is 1.81. The number of carbonyl (C=O) groups is 1. The Hall–Kier alpha value is -3.64. The third kappa shape index (κ3) is 5.76. The Bertz CT molecular complexity index is 1560. The van der Waals surface area contributed by atoms with Gasteiger partial charge in [-0.1, -0.05) is 18.2 Å². The molecule has 2 aliphatic rings. The second-order valence-electron chi connectivity index (χ2n) is 10.4. The number of aryl methyl sites for hydroxylation is 1. The number of carboxylic acids is 1. The minimum atomic E-state index is -4.77. The van der Waals surface area contributed by atoms with E-state index in [1.54, 1.807) is 19.1 Å². The van der Waals surface area contributed by atoms with Crippen LogP contribution in [0.1, 0.15) is 30.4 Å². The molecule has 0 aromatic heterocycles. The summed E-state index contributed by atoms with van der Waals surface area (Å²) in [5.74, 6) is -1.43. The minimum Gasteiger partial charge on any atom is -0.486 e. The topological polar surface area (TPSA) is 93.1 Å². The lowest BCUT2D eigenvalue weighted by atomic mass is 9.75. The van der Waals surface area contributed by atoms with Crippen molar-refractivity contribution in [1.82, 2.24) is 0 Å². The number of alkyl halides is 3. The molecule has 1 atom stereocenters. The van der Waals surface area contributed by atoms with E-state index < -0.39 is 50.0 Å². The number of sulfonamides is 1. The van der Waals surface area contributed by atoms with Crippen LogP contribution in [-0.4, -0.2) is 45.4 Å². The fourth-order valence-electron chi connectivity index (χ4n) is 5.39. The second-order valence-corrected chi connectivity index (χ2v) is 12.3. The molecule has 0 unspecified atom stereocenters. The molecule has 5 rings (SSSR count). The van der Waals surface area contributed by atoms with E-state index in [0.717, 1.165) is 22.5 Å². The summed E-state index contributed by atoms with van der Waals surface area (Å²) in [7, 11) is -4.58. The number of fused-ring (bicyclic) bond motifs is 1. The molecular weight excluding hydrogens is 566 g/mol. The van der Waals surface area contributed by atoms with Crippen molar-refractivity contribution in [3.05, 3.63) is 77.6 Å². The normalized spacial score (nSPS) is 18.9. The number of hydrogen-bond acceptors (Lipinski definition) is 5. The van der Waals surface area contributed by atoms with Gasteiger partial charge in [0.05, 0.1) is 28.1 Å². The first-order valence-electron chi connectivity index (χ1n) is 12.9. The molecule has 2 heterocycles. The van der Waals surface area contributed by atoms with Crippen LogP contribution in [0.25, 0.3) is 11.1 Å². The van der Waals surface area contributed by atoms with Crippen molar-refractivity contribution >= 4 is 21.7 Å². The minimum absolute atomic E-state index is 0.0371. The zero-order chi connectivity index (χ0) is 29.6. The van der Waals surface area contributed by atoms with Crippen LogP contribution in [0, 0.1) is 18.2 Å². The Kier molecular flexibility index (Phi) is 7.49. The molecule has 0 bridgehead atoms. The summed E-state index contributed by atoms with van der Waals surface area (Å²) in [5.41, 5.74) is -0.725. The first kappa shape index (κ1) is 28.9. The second kappa shape index (κ2) is 10.6. The zero-order valence-electron chi connectivity index (χ0n) is 21.9. The highest BCUT2D eigenvalue weighted by molar-refractivity contribution is 7.92. The molecule has 7 nitrogen and oxygen atoms in total. The van der Waals surface area contributed by atoms with Gasteiger partial charge in [-0.2, -0.15) is 13.2 Å². The molecule has 0 aliphatic carbocycles. The van der Waals surface area contributed by atoms with Gasteiger partial charge >= 0.3 is 12.1 Å². The average molecular weight is 594 g/mol. The molecule has 1 fully saturated rings. The quantitative estimate of drug-likeness (QED) is 0.350. The molecule has 12 heteroatoms. The Balaban J connectivity index is 1.61. The highest BCUT2D eigenvalue weighted by Gasteiger charge is 2.45. The van der Waals surface area contributed by atoms with Gasteiger partial charge in [0.25, 0.3) is 10.0 Å². The Morgan fingerprint density at radius 3 is 2.44 bits per heavy atom. The number of benzene rings is 3. The smallest absolute Gasteiger partial charge is 0.416 e. The van der Waals surface area contributed by atoms with E-state index in [0.29, 0.717) is 22.8 Å². The van der Waals surface area contributed by atoms with Crippen LogP contribution in [-0.2, 0) is 25.7 Å². The Labute approximate surface area is 234 Å². The van der Waals surface area contributed by atoms with Crippen molar-refractivity contribution in [1.29, 1.82) is 0 Å². The van der Waals surface area contributed by atoms with Crippen molar-refractivity contribution in [2.75, 3.05) is 24.1 Å². The van der Waals surface area contributed by atoms with Crippen LogP contribution in [0.4, 0.5) is 23.2 Å². The maximum atomic E-state index is 14.2. The van der Waals surface area contributed by atoms with Gasteiger partial charge in [0.2, 0.25) is 0 Å². The molecule has 2 aliphatic heterocycles. The van der Waals surface area contributed by atoms with Crippen molar-refractivity contribution < 1.29 is 45.4 Å². The van der Waals surface area contributed by atoms with Gasteiger partial charge < -0.3 is 14.6 Å². The molecule has 218 valence electrons. The first-order chi connectivity index (χ1) is 19.3. The molecule has 1 saturated heterocycles. The van der Waals surface area contributed by atoms with E-state index in [1.165, 1.54) is 24.3 Å². The number of rotatable bonds is 6. The van der Waals surface area contributed by atoms with Crippen molar-refractivity contribution in [2.45, 2.75) is 43.4 Å². The summed E-state index contributed by atoms with van der Waals surface area (Å²) in [4.78, 5) is 11.7. The maximum Gasteiger partial charge on any atom is 0.416 e. The zero-order valence-corrected chi connectivity index (χ0v) is 22.8. The highest BCUT2D eigenvalue weighted by atomic mass is 32.2. The fraction of sp³-hybridized carbons (Fsp3) is 0.345. The van der Waals surface area contributed by atoms with Crippen LogP contribution in [0.2, 0.25) is 0 Å². The molecule has 0 radical (unpaired) electrons. The number of anilines is 1. The van der Waals surface area contributed by atoms with Gasteiger partial charge in [0.1, 0.15) is 17.7 Å². The van der Waals surface area contributed by atoms with Crippen molar-refractivity contribution in [3.8, 4) is 16.9 Å². The molecule has 1 N–H and O–H groups in total.